The van der Waals surface area contributed by atoms with E-state index in [4.69, 9.17) is 4.74 Å². The van der Waals surface area contributed by atoms with Crippen LogP contribution in [0.25, 0.3) is 0 Å². The van der Waals surface area contributed by atoms with E-state index >= 15 is 0 Å². The number of amides is 1. The number of carbonyl (C=O) groups excluding carboxylic acids is 1. The van der Waals surface area contributed by atoms with Gasteiger partial charge in [0.1, 0.15) is 5.75 Å². The summed E-state index contributed by atoms with van der Waals surface area (Å²) in [6.45, 7) is 8.56. The molecule has 0 radical (unpaired) electrons. The molecule has 2 aromatic rings. The molecule has 138 valence electrons. The van der Waals surface area contributed by atoms with Crippen LogP contribution in [-0.4, -0.2) is 31.6 Å². The molecule has 0 aliphatic carbocycles. The number of carbonyl (C=O) groups is 1. The van der Waals surface area contributed by atoms with Crippen LogP contribution in [0.2, 0.25) is 0 Å². The minimum Gasteiger partial charge on any atom is -0.481 e. The number of hydrogen-bond donors (Lipinski definition) is 1. The molecule has 1 aliphatic rings. The molecule has 0 bridgehead atoms. The molecule has 4 nitrogen and oxygen atoms in total. The van der Waals surface area contributed by atoms with E-state index in [-0.39, 0.29) is 5.91 Å². The molecule has 26 heavy (non-hydrogen) atoms. The second kappa shape index (κ2) is 8.26. The van der Waals surface area contributed by atoms with Gasteiger partial charge in [-0.15, -0.1) is 0 Å². The van der Waals surface area contributed by atoms with Gasteiger partial charge in [-0.3, -0.25) is 4.79 Å². The average Bonchev–Trinajstić information content (AvgIpc) is 3.05. The molecule has 2 aromatic carbocycles. The van der Waals surface area contributed by atoms with Crippen LogP contribution in [0.15, 0.2) is 42.5 Å². The summed E-state index contributed by atoms with van der Waals surface area (Å²) in [5, 5.41) is 2.99. The van der Waals surface area contributed by atoms with E-state index in [9.17, 15) is 4.79 Å². The summed E-state index contributed by atoms with van der Waals surface area (Å²) in [5.74, 6) is 0.717. The van der Waals surface area contributed by atoms with Gasteiger partial charge in [-0.2, -0.15) is 0 Å². The Balaban J connectivity index is 1.42. The number of hydrogen-bond acceptors (Lipinski definition) is 3. The van der Waals surface area contributed by atoms with E-state index in [1.165, 1.54) is 16.8 Å². The van der Waals surface area contributed by atoms with E-state index in [0.29, 0.717) is 6.54 Å². The van der Waals surface area contributed by atoms with Crippen molar-refractivity contribution in [3.63, 3.8) is 0 Å². The van der Waals surface area contributed by atoms with Gasteiger partial charge < -0.3 is 15.0 Å². The molecule has 1 unspecified atom stereocenters. The number of para-hydroxylation sites is 1. The topological polar surface area (TPSA) is 41.6 Å². The van der Waals surface area contributed by atoms with E-state index in [0.717, 1.165) is 37.2 Å². The monoisotopic (exact) mass is 352 g/mol. The SMILES string of the molecule is Cc1cccc(OC(C)C(=O)NCCCN2CCc3ccccc32)c1C. The summed E-state index contributed by atoms with van der Waals surface area (Å²) in [4.78, 5) is 14.7. The van der Waals surface area contributed by atoms with Crippen molar-refractivity contribution in [2.75, 3.05) is 24.5 Å². The fourth-order valence-corrected chi connectivity index (χ4v) is 3.36. The van der Waals surface area contributed by atoms with E-state index in [1.807, 2.05) is 32.0 Å². The van der Waals surface area contributed by atoms with Gasteiger partial charge in [0.15, 0.2) is 6.10 Å². The van der Waals surface area contributed by atoms with E-state index in [2.05, 4.69) is 34.5 Å². The van der Waals surface area contributed by atoms with Crippen LogP contribution < -0.4 is 15.0 Å². The smallest absolute Gasteiger partial charge is 0.260 e. The predicted octanol–water partition coefficient (Wildman–Crippen LogP) is 3.64. The number of rotatable bonds is 7. The number of fused-ring (bicyclic) bond motifs is 1. The van der Waals surface area contributed by atoms with Crippen LogP contribution >= 0.6 is 0 Å². The van der Waals surface area contributed by atoms with Crippen molar-refractivity contribution in [1.82, 2.24) is 5.32 Å². The molecule has 4 heteroatoms. The van der Waals surface area contributed by atoms with E-state index in [1.54, 1.807) is 6.92 Å². The summed E-state index contributed by atoms with van der Waals surface area (Å²) in [5.41, 5.74) is 5.01. The Morgan fingerprint density at radius 2 is 2.00 bits per heavy atom. The zero-order chi connectivity index (χ0) is 18.5. The summed E-state index contributed by atoms with van der Waals surface area (Å²) in [7, 11) is 0. The number of nitrogens with one attached hydrogen (secondary N) is 1. The first-order valence-electron chi connectivity index (χ1n) is 9.39. The third-order valence-corrected chi connectivity index (χ3v) is 5.12. The van der Waals surface area contributed by atoms with Crippen LogP contribution in [0.1, 0.15) is 30.0 Å². The molecule has 0 spiro atoms. The summed E-state index contributed by atoms with van der Waals surface area (Å²) < 4.78 is 5.84. The minimum atomic E-state index is -0.497. The van der Waals surface area contributed by atoms with Gasteiger partial charge in [0.05, 0.1) is 0 Å². The van der Waals surface area contributed by atoms with Crippen LogP contribution in [-0.2, 0) is 11.2 Å². The standard InChI is InChI=1S/C22H28N2O2/c1-16-8-6-11-21(17(16)2)26-18(3)22(25)23-13-7-14-24-15-12-19-9-4-5-10-20(19)24/h4-6,8-11,18H,7,12-15H2,1-3H3,(H,23,25). The Hall–Kier alpha value is -2.49. The van der Waals surface area contributed by atoms with E-state index < -0.39 is 6.10 Å². The fraction of sp³-hybridized carbons (Fsp3) is 0.409. The summed E-state index contributed by atoms with van der Waals surface area (Å²) >= 11 is 0. The summed E-state index contributed by atoms with van der Waals surface area (Å²) in [6, 6.07) is 14.5. The largest absolute Gasteiger partial charge is 0.481 e. The molecule has 0 fully saturated rings. The van der Waals surface area contributed by atoms with Crippen LogP contribution in [0.3, 0.4) is 0 Å². The maximum atomic E-state index is 12.3. The first-order chi connectivity index (χ1) is 12.6. The molecule has 1 aliphatic heterocycles. The third kappa shape index (κ3) is 4.18. The Kier molecular flexibility index (Phi) is 5.82. The minimum absolute atomic E-state index is 0.0623. The van der Waals surface area contributed by atoms with Crippen molar-refractivity contribution >= 4 is 11.6 Å². The lowest BCUT2D eigenvalue weighted by atomic mass is 10.1. The zero-order valence-corrected chi connectivity index (χ0v) is 15.9. The first kappa shape index (κ1) is 18.3. The fourth-order valence-electron chi connectivity index (χ4n) is 3.36. The molecule has 0 saturated carbocycles. The number of anilines is 1. The van der Waals surface area contributed by atoms with Crippen molar-refractivity contribution < 1.29 is 9.53 Å². The second-order valence-corrected chi connectivity index (χ2v) is 6.97. The van der Waals surface area contributed by atoms with Gasteiger partial charge >= 0.3 is 0 Å². The van der Waals surface area contributed by atoms with Crippen molar-refractivity contribution in [1.29, 1.82) is 0 Å². The molecule has 1 atom stereocenters. The normalized spacial score (nSPS) is 14.0. The highest BCUT2D eigenvalue weighted by Crippen LogP contribution is 2.27. The lowest BCUT2D eigenvalue weighted by Crippen LogP contribution is -2.38. The Labute approximate surface area is 156 Å². The lowest BCUT2D eigenvalue weighted by molar-refractivity contribution is -0.127. The molecular weight excluding hydrogens is 324 g/mol. The highest BCUT2D eigenvalue weighted by atomic mass is 16.5. The molecule has 0 aromatic heterocycles. The zero-order valence-electron chi connectivity index (χ0n) is 15.9. The van der Waals surface area contributed by atoms with Crippen molar-refractivity contribution in [3.8, 4) is 5.75 Å². The number of ether oxygens (including phenoxy) is 1. The molecule has 1 heterocycles. The van der Waals surface area contributed by atoms with Gasteiger partial charge in [-0.25, -0.2) is 0 Å². The number of benzene rings is 2. The second-order valence-electron chi connectivity index (χ2n) is 6.97. The van der Waals surface area contributed by atoms with Gasteiger partial charge in [0.2, 0.25) is 0 Å². The highest BCUT2D eigenvalue weighted by molar-refractivity contribution is 5.80. The maximum Gasteiger partial charge on any atom is 0.260 e. The van der Waals surface area contributed by atoms with Gasteiger partial charge in [-0.1, -0.05) is 30.3 Å². The van der Waals surface area contributed by atoms with Crippen LogP contribution in [0.4, 0.5) is 5.69 Å². The summed E-state index contributed by atoms with van der Waals surface area (Å²) in [6.07, 6.45) is 1.54. The first-order valence-corrected chi connectivity index (χ1v) is 9.39. The third-order valence-electron chi connectivity index (χ3n) is 5.12. The lowest BCUT2D eigenvalue weighted by Gasteiger charge is -2.20. The molecule has 3 rings (SSSR count). The Morgan fingerprint density at radius 1 is 1.19 bits per heavy atom. The predicted molar refractivity (Wildman–Crippen MR) is 106 cm³/mol. The maximum absolute atomic E-state index is 12.3. The van der Waals surface area contributed by atoms with Gasteiger partial charge in [0.25, 0.3) is 5.91 Å². The quantitative estimate of drug-likeness (QED) is 0.774. The van der Waals surface area contributed by atoms with Gasteiger partial charge in [0, 0.05) is 25.3 Å². The van der Waals surface area contributed by atoms with Crippen molar-refractivity contribution in [3.05, 3.63) is 59.2 Å². The molecule has 0 saturated heterocycles. The van der Waals surface area contributed by atoms with Crippen LogP contribution in [0, 0.1) is 13.8 Å². The average molecular weight is 352 g/mol. The number of aryl methyl sites for hydroxylation is 1. The van der Waals surface area contributed by atoms with Crippen molar-refractivity contribution in [2.45, 2.75) is 39.7 Å². The Morgan fingerprint density at radius 3 is 2.85 bits per heavy atom. The molecule has 1 amide bonds. The molecular formula is C22H28N2O2. The number of nitrogens with zero attached hydrogens (tertiary/aromatic N) is 1. The van der Waals surface area contributed by atoms with Gasteiger partial charge in [-0.05, 0) is 62.4 Å². The van der Waals surface area contributed by atoms with Crippen LogP contribution in [0.5, 0.6) is 5.75 Å². The highest BCUT2D eigenvalue weighted by Gasteiger charge is 2.18. The van der Waals surface area contributed by atoms with Crippen molar-refractivity contribution in [2.24, 2.45) is 0 Å². The Bertz CT molecular complexity index is 772. The molecule has 1 N–H and O–H groups in total.